The summed E-state index contributed by atoms with van der Waals surface area (Å²) in [7, 11) is -1.83. The van der Waals surface area contributed by atoms with Gasteiger partial charge in [-0.2, -0.15) is 0 Å². The summed E-state index contributed by atoms with van der Waals surface area (Å²) in [5, 5.41) is 17.0. The Morgan fingerprint density at radius 2 is 1.07 bits per heavy atom. The maximum atomic E-state index is 15.7. The summed E-state index contributed by atoms with van der Waals surface area (Å²) in [6, 6.07) is 23.2. The summed E-state index contributed by atoms with van der Waals surface area (Å²) < 4.78 is 87.2. The number of hydrogen-bond acceptors (Lipinski definition) is 16. The lowest BCUT2D eigenvalue weighted by Crippen LogP contribution is -2.38. The van der Waals surface area contributed by atoms with Gasteiger partial charge in [0.05, 0.1) is 61.6 Å². The summed E-state index contributed by atoms with van der Waals surface area (Å²) in [6.45, 7) is 7.03. The molecular weight excluding hydrogens is 1180 g/mol. The molecule has 0 bridgehead atoms. The van der Waals surface area contributed by atoms with Gasteiger partial charge in [0.25, 0.3) is 11.8 Å². The number of likely N-dealkylation sites (tertiary alicyclic amines) is 2. The summed E-state index contributed by atoms with van der Waals surface area (Å²) in [5.41, 5.74) is 7.67. The highest BCUT2D eigenvalue weighted by Gasteiger charge is 2.40. The van der Waals surface area contributed by atoms with Crippen molar-refractivity contribution in [1.29, 1.82) is 0 Å². The van der Waals surface area contributed by atoms with Crippen LogP contribution in [0.2, 0.25) is 0 Å². The normalized spacial score (nSPS) is 16.6. The molecule has 88 heavy (non-hydrogen) atoms. The third-order valence-electron chi connectivity index (χ3n) is 16.1. The van der Waals surface area contributed by atoms with E-state index in [1.54, 1.807) is 59.4 Å². The molecule has 2 fully saturated rings. The smallest absolute Gasteiger partial charge is 0.411 e. The zero-order valence-corrected chi connectivity index (χ0v) is 51.6. The van der Waals surface area contributed by atoms with Gasteiger partial charge in [-0.3, -0.25) is 29.8 Å². The van der Waals surface area contributed by atoms with Crippen LogP contribution in [0.5, 0.6) is 11.5 Å². The molecule has 0 radical (unpaired) electrons. The van der Waals surface area contributed by atoms with Crippen molar-refractivity contribution in [1.82, 2.24) is 20.4 Å². The van der Waals surface area contributed by atoms with Crippen molar-refractivity contribution in [2.45, 2.75) is 93.5 Å². The Morgan fingerprint density at radius 1 is 0.580 bits per heavy atom. The number of carbonyl (C=O) groups excluding carboxylic acids is 6. The number of anilines is 4. The zero-order chi connectivity index (χ0) is 63.5. The first-order valence-corrected chi connectivity index (χ1v) is 31.9. The highest BCUT2D eigenvalue weighted by atomic mass is 32.2. The molecular formula is C63H69FN8O14S2. The van der Waals surface area contributed by atoms with Gasteiger partial charge in [-0.1, -0.05) is 18.2 Å². The second-order valence-electron chi connectivity index (χ2n) is 21.9. The van der Waals surface area contributed by atoms with E-state index in [2.05, 4.69) is 36.6 Å². The molecule has 4 heterocycles. The van der Waals surface area contributed by atoms with Gasteiger partial charge in [0.1, 0.15) is 23.6 Å². The number of rotatable bonds is 16. The first kappa shape index (κ1) is 63.3. The van der Waals surface area contributed by atoms with Crippen LogP contribution in [0.15, 0.2) is 107 Å². The van der Waals surface area contributed by atoms with E-state index in [0.29, 0.717) is 107 Å². The number of fused-ring (bicyclic) bond motifs is 2. The number of carbonyl (C=O) groups is 6. The van der Waals surface area contributed by atoms with E-state index in [4.69, 9.17) is 14.2 Å². The standard InChI is InChI=1S/C32H36N4O7S.C31H33FN4O7S/c1-18-14-22(16-23-25(18)17-33-30(23)37)34-29(20-8-10-27(42-3)19(2)13-20)31(38)36-12-6-7-26(36)24-15-21(35-32(39)43-4)9-11-28(24)44(5,40)41;1-17-14-18(8-11-24(17)42-2)28(35-22-10-7-19-16-33-29(37)26(19)27(22)32)30(38)36-13-5-6-23(36)21-15-20(34-31(39)43-3)9-12-25(21)44(4,40)41/h8-11,13-16,26,29,34H,6-7,12,17H2,1-5H3,(H,33,37)(H,35,39);7-12,14-15,23,28,35H,5-6,13,16H2,1-4H3,(H,33,37)(H,34,39)/t26-,29?;23-,28?/m11/s1. The predicted octanol–water partition coefficient (Wildman–Crippen LogP) is 9.14. The van der Waals surface area contributed by atoms with E-state index in [1.807, 2.05) is 39.0 Å². The molecule has 6 N–H and O–H groups in total. The number of nitrogens with zero attached hydrogens (tertiary/aromatic N) is 2. The van der Waals surface area contributed by atoms with Crippen molar-refractivity contribution < 1.29 is 68.9 Å². The van der Waals surface area contributed by atoms with E-state index in [1.165, 1.54) is 57.7 Å². The Morgan fingerprint density at radius 3 is 1.53 bits per heavy atom. The minimum atomic E-state index is -3.72. The number of benzene rings is 6. The zero-order valence-electron chi connectivity index (χ0n) is 50.0. The van der Waals surface area contributed by atoms with E-state index in [0.717, 1.165) is 34.8 Å². The molecule has 6 aromatic carbocycles. The average Bonchev–Trinajstić information content (AvgIpc) is 2.35. The Hall–Kier alpha value is -9.23. The molecule has 4 aliphatic rings. The average molecular weight is 1250 g/mol. The maximum Gasteiger partial charge on any atom is 0.411 e. The topological polar surface area (TPSA) is 286 Å². The molecule has 4 atom stereocenters. The van der Waals surface area contributed by atoms with Gasteiger partial charge < -0.3 is 50.0 Å². The number of hydrogen-bond donors (Lipinski definition) is 6. The summed E-state index contributed by atoms with van der Waals surface area (Å²) in [5.74, 6) is -0.859. The molecule has 22 nitrogen and oxygen atoms in total. The second kappa shape index (κ2) is 26.0. The number of halogens is 1. The molecule has 6 aromatic rings. The van der Waals surface area contributed by atoms with Crippen LogP contribution in [-0.4, -0.2) is 116 Å². The summed E-state index contributed by atoms with van der Waals surface area (Å²) in [6.07, 6.45) is 3.00. The highest BCUT2D eigenvalue weighted by Crippen LogP contribution is 2.42. The lowest BCUT2D eigenvalue weighted by Gasteiger charge is -2.31. The van der Waals surface area contributed by atoms with Crippen LogP contribution in [0.3, 0.4) is 0 Å². The van der Waals surface area contributed by atoms with Crippen LogP contribution in [0.4, 0.5) is 36.7 Å². The fraction of sp³-hybridized carbons (Fsp3) is 0.333. The van der Waals surface area contributed by atoms with Crippen LogP contribution in [0.1, 0.15) is 121 Å². The molecule has 4 aliphatic heterocycles. The number of aryl methyl sites for hydroxylation is 3. The van der Waals surface area contributed by atoms with Crippen LogP contribution in [0, 0.1) is 26.6 Å². The lowest BCUT2D eigenvalue weighted by molar-refractivity contribution is -0.134. The van der Waals surface area contributed by atoms with Crippen molar-refractivity contribution in [2.75, 3.05) is 75.3 Å². The minimum absolute atomic E-state index is 0.0236. The summed E-state index contributed by atoms with van der Waals surface area (Å²) >= 11 is 0. The molecule has 6 amide bonds. The Bertz CT molecular complexity index is 4030. The Labute approximate surface area is 509 Å². The number of nitrogens with one attached hydrogen (secondary N) is 6. The van der Waals surface area contributed by atoms with Crippen LogP contribution in [0.25, 0.3) is 0 Å². The van der Waals surface area contributed by atoms with Gasteiger partial charge in [-0.25, -0.2) is 30.8 Å². The number of amides is 6. The van der Waals surface area contributed by atoms with Crippen molar-refractivity contribution in [2.24, 2.45) is 0 Å². The number of methoxy groups -OCH3 is 4. The van der Waals surface area contributed by atoms with Crippen LogP contribution in [-0.2, 0) is 51.8 Å². The van der Waals surface area contributed by atoms with Crippen molar-refractivity contribution in [3.8, 4) is 11.5 Å². The second-order valence-corrected chi connectivity index (χ2v) is 25.9. The lowest BCUT2D eigenvalue weighted by atomic mass is 9.98. The molecule has 2 saturated heterocycles. The molecule has 464 valence electrons. The monoisotopic (exact) mass is 1240 g/mol. The Kier molecular flexibility index (Phi) is 18.7. The highest BCUT2D eigenvalue weighted by molar-refractivity contribution is 7.91. The van der Waals surface area contributed by atoms with Gasteiger partial charge in [0, 0.05) is 61.3 Å². The molecule has 0 saturated carbocycles. The fourth-order valence-corrected chi connectivity index (χ4v) is 13.7. The predicted molar refractivity (Wildman–Crippen MR) is 327 cm³/mol. The largest absolute Gasteiger partial charge is 0.496 e. The number of ether oxygens (including phenoxy) is 4. The maximum absolute atomic E-state index is 15.7. The SMILES string of the molecule is COC(=O)Nc1ccc(S(C)(=O)=O)c([C@H]2CCCN2C(=O)C(Nc2cc(C)c3c(c2)C(=O)NC3)c2ccc(OC)c(C)c2)c1.COC(=O)Nc1ccc(S(C)(=O)=O)c([C@H]2CCCN2C(=O)C(Nc2ccc3c(c2F)C(=O)NC3)c2ccc(OC)c(C)c2)c1. The molecule has 0 aliphatic carbocycles. The first-order valence-electron chi connectivity index (χ1n) is 28.2. The summed E-state index contributed by atoms with van der Waals surface area (Å²) in [4.78, 5) is 81.0. The van der Waals surface area contributed by atoms with Gasteiger partial charge in [0.2, 0.25) is 11.8 Å². The van der Waals surface area contributed by atoms with Gasteiger partial charge in [0.15, 0.2) is 25.5 Å². The fourth-order valence-electron chi connectivity index (χ4n) is 11.9. The van der Waals surface area contributed by atoms with Crippen LogP contribution >= 0.6 is 0 Å². The van der Waals surface area contributed by atoms with Crippen molar-refractivity contribution in [3.05, 3.63) is 164 Å². The molecule has 0 aromatic heterocycles. The Balaban J connectivity index is 0.000000209. The van der Waals surface area contributed by atoms with E-state index in [9.17, 15) is 45.6 Å². The minimum Gasteiger partial charge on any atom is -0.496 e. The van der Waals surface area contributed by atoms with Crippen LogP contribution < -0.4 is 41.4 Å². The van der Waals surface area contributed by atoms with Crippen molar-refractivity contribution in [3.63, 3.8) is 0 Å². The van der Waals surface area contributed by atoms with Gasteiger partial charge >= 0.3 is 12.2 Å². The molecule has 10 rings (SSSR count). The third-order valence-corrected chi connectivity index (χ3v) is 18.5. The van der Waals surface area contributed by atoms with E-state index < -0.39 is 73.7 Å². The van der Waals surface area contributed by atoms with Gasteiger partial charge in [-0.15, -0.1) is 0 Å². The van der Waals surface area contributed by atoms with E-state index >= 15 is 4.39 Å². The quantitative estimate of drug-likeness (QED) is 0.0526. The first-order chi connectivity index (χ1) is 41.8. The number of sulfone groups is 2. The molecule has 25 heteroatoms. The van der Waals surface area contributed by atoms with Gasteiger partial charge in [-0.05, 0) is 175 Å². The van der Waals surface area contributed by atoms with Crippen molar-refractivity contribution >= 4 is 78.2 Å². The molecule has 0 spiro atoms. The third kappa shape index (κ3) is 13.3. The van der Waals surface area contributed by atoms with E-state index in [-0.39, 0.29) is 39.4 Å². The molecule has 2 unspecified atom stereocenters.